The summed E-state index contributed by atoms with van der Waals surface area (Å²) in [6.45, 7) is 3.63. The number of benzene rings is 2. The number of aromatic carboxylic acids is 1. The van der Waals surface area contributed by atoms with E-state index in [9.17, 15) is 14.3 Å². The summed E-state index contributed by atoms with van der Waals surface area (Å²) < 4.78 is 48.2. The molecule has 218 valence electrons. The maximum Gasteiger partial charge on any atom is 0.339 e. The minimum absolute atomic E-state index is 0.0584. The SMILES string of the molecule is [N-]=[N+]=Nc1c(F)c(F)c(C(=O)O)c(C(=C2C=CC(=[N+]3CCCCCC3)C=C2)c2ccc(N3CCCCCC3)cc2)c1F. The molecule has 0 amide bonds. The first-order valence-corrected chi connectivity index (χ1v) is 14.5. The van der Waals surface area contributed by atoms with Crippen LogP contribution in [0.5, 0.6) is 0 Å². The van der Waals surface area contributed by atoms with Gasteiger partial charge in [0.2, 0.25) is 0 Å². The highest BCUT2D eigenvalue weighted by Crippen LogP contribution is 2.40. The molecule has 2 heterocycles. The van der Waals surface area contributed by atoms with Gasteiger partial charge in [0.15, 0.2) is 17.3 Å². The van der Waals surface area contributed by atoms with Crippen molar-refractivity contribution in [1.29, 1.82) is 0 Å². The summed E-state index contributed by atoms with van der Waals surface area (Å²) >= 11 is 0. The zero-order chi connectivity index (χ0) is 29.6. The van der Waals surface area contributed by atoms with Gasteiger partial charge in [-0.25, -0.2) is 22.5 Å². The van der Waals surface area contributed by atoms with Crippen LogP contribution in [0.25, 0.3) is 16.0 Å². The van der Waals surface area contributed by atoms with E-state index in [1.807, 2.05) is 24.3 Å². The molecule has 2 aromatic carbocycles. The van der Waals surface area contributed by atoms with Crippen LogP contribution in [0, 0.1) is 17.5 Å². The van der Waals surface area contributed by atoms with Gasteiger partial charge in [-0.05, 0) is 66.6 Å². The minimum Gasteiger partial charge on any atom is -0.478 e. The number of allylic oxidation sites excluding steroid dienone is 5. The van der Waals surface area contributed by atoms with E-state index in [2.05, 4.69) is 19.5 Å². The molecule has 7 nitrogen and oxygen atoms in total. The lowest BCUT2D eigenvalue weighted by Crippen LogP contribution is -2.23. The van der Waals surface area contributed by atoms with Crippen LogP contribution in [0.15, 0.2) is 59.3 Å². The normalized spacial score (nSPS) is 17.5. The highest BCUT2D eigenvalue weighted by Gasteiger charge is 2.32. The van der Waals surface area contributed by atoms with E-state index >= 15 is 8.78 Å². The van der Waals surface area contributed by atoms with Gasteiger partial charge in [-0.1, -0.05) is 30.1 Å². The third kappa shape index (κ3) is 5.99. The lowest BCUT2D eigenvalue weighted by Gasteiger charge is -2.23. The first kappa shape index (κ1) is 29.2. The maximum absolute atomic E-state index is 16.0. The molecule has 2 aliphatic heterocycles. The third-order valence-electron chi connectivity index (χ3n) is 8.16. The van der Waals surface area contributed by atoms with Crippen LogP contribution in [-0.4, -0.2) is 47.5 Å². The van der Waals surface area contributed by atoms with Crippen LogP contribution < -0.4 is 4.90 Å². The van der Waals surface area contributed by atoms with E-state index in [1.165, 1.54) is 25.7 Å². The number of halogens is 3. The van der Waals surface area contributed by atoms with Crippen LogP contribution in [0.3, 0.4) is 0 Å². The van der Waals surface area contributed by atoms with Gasteiger partial charge in [-0.3, -0.25) is 0 Å². The van der Waals surface area contributed by atoms with E-state index in [0.717, 1.165) is 63.3 Å². The Labute approximate surface area is 242 Å². The summed E-state index contributed by atoms with van der Waals surface area (Å²) in [6.07, 6.45) is 16.2. The average Bonchev–Trinajstić information content (AvgIpc) is 3.45. The first-order chi connectivity index (χ1) is 20.4. The van der Waals surface area contributed by atoms with E-state index < -0.39 is 40.2 Å². The molecule has 0 atom stereocenters. The number of azide groups is 1. The van der Waals surface area contributed by atoms with Gasteiger partial charge in [0.25, 0.3) is 0 Å². The lowest BCUT2D eigenvalue weighted by atomic mass is 9.87. The third-order valence-corrected chi connectivity index (χ3v) is 8.16. The van der Waals surface area contributed by atoms with Crippen LogP contribution in [0.1, 0.15) is 72.9 Å². The molecule has 0 unspecified atom stereocenters. The van der Waals surface area contributed by atoms with Crippen molar-refractivity contribution in [3.8, 4) is 0 Å². The predicted octanol–water partition coefficient (Wildman–Crippen LogP) is 8.08. The molecule has 2 saturated heterocycles. The molecule has 0 bridgehead atoms. The van der Waals surface area contributed by atoms with Gasteiger partial charge >= 0.3 is 5.97 Å². The summed E-state index contributed by atoms with van der Waals surface area (Å²) in [5.74, 6) is -6.92. The first-order valence-electron chi connectivity index (χ1n) is 14.5. The van der Waals surface area contributed by atoms with Crippen molar-refractivity contribution in [2.75, 3.05) is 31.1 Å². The van der Waals surface area contributed by atoms with Gasteiger partial charge in [0.05, 0.1) is 0 Å². The summed E-state index contributed by atoms with van der Waals surface area (Å²) in [6, 6.07) is 7.22. The quantitative estimate of drug-likeness (QED) is 0.128. The summed E-state index contributed by atoms with van der Waals surface area (Å²) in [5.41, 5.74) is 8.69. The molecule has 0 spiro atoms. The van der Waals surface area contributed by atoms with Crippen molar-refractivity contribution in [2.45, 2.75) is 51.4 Å². The Morgan fingerprint density at radius 3 is 1.98 bits per heavy atom. The van der Waals surface area contributed by atoms with Gasteiger partial charge < -0.3 is 10.0 Å². The molecule has 0 saturated carbocycles. The molecule has 3 aliphatic rings. The van der Waals surface area contributed by atoms with Gasteiger partial charge in [0, 0.05) is 59.8 Å². The molecule has 5 rings (SSSR count). The second-order valence-electron chi connectivity index (χ2n) is 10.8. The fraction of sp³-hybridized carbons (Fsp3) is 0.375. The second kappa shape index (κ2) is 13.1. The Bertz CT molecular complexity index is 1520. The predicted molar refractivity (Wildman–Crippen MR) is 157 cm³/mol. The van der Waals surface area contributed by atoms with E-state index in [4.69, 9.17) is 5.53 Å². The smallest absolute Gasteiger partial charge is 0.339 e. The fourth-order valence-corrected chi connectivity index (χ4v) is 6.01. The molecule has 1 aliphatic carbocycles. The van der Waals surface area contributed by atoms with Gasteiger partial charge in [0.1, 0.15) is 30.2 Å². The van der Waals surface area contributed by atoms with Crippen molar-refractivity contribution in [3.63, 3.8) is 0 Å². The van der Waals surface area contributed by atoms with E-state index in [-0.39, 0.29) is 5.57 Å². The molecule has 0 radical (unpaired) electrons. The second-order valence-corrected chi connectivity index (χ2v) is 10.8. The molecule has 10 heteroatoms. The Hall–Kier alpha value is -4.30. The number of anilines is 1. The summed E-state index contributed by atoms with van der Waals surface area (Å²) in [5, 5.41) is 13.0. The number of carboxylic acids is 1. The van der Waals surface area contributed by atoms with Crippen molar-refractivity contribution >= 4 is 28.6 Å². The average molecular weight is 577 g/mol. The van der Waals surface area contributed by atoms with Crippen LogP contribution in [0.4, 0.5) is 24.5 Å². The monoisotopic (exact) mass is 576 g/mol. The van der Waals surface area contributed by atoms with Crippen LogP contribution in [-0.2, 0) is 0 Å². The zero-order valence-corrected chi connectivity index (χ0v) is 23.3. The van der Waals surface area contributed by atoms with Crippen molar-refractivity contribution in [1.82, 2.24) is 0 Å². The van der Waals surface area contributed by atoms with Gasteiger partial charge in [-0.15, -0.1) is 0 Å². The molecular formula is C32H33F3N5O2+. The minimum atomic E-state index is -1.85. The Morgan fingerprint density at radius 2 is 1.40 bits per heavy atom. The number of nitrogens with zero attached hydrogens (tertiary/aromatic N) is 5. The molecule has 2 fully saturated rings. The van der Waals surface area contributed by atoms with Crippen LogP contribution >= 0.6 is 0 Å². The number of hydrogen-bond acceptors (Lipinski definition) is 3. The molecular weight excluding hydrogens is 543 g/mol. The van der Waals surface area contributed by atoms with Gasteiger partial charge in [-0.2, -0.15) is 0 Å². The maximum atomic E-state index is 16.0. The zero-order valence-electron chi connectivity index (χ0n) is 23.3. The van der Waals surface area contributed by atoms with Crippen LogP contribution in [0.2, 0.25) is 0 Å². The Balaban J connectivity index is 1.71. The fourth-order valence-electron chi connectivity index (χ4n) is 6.01. The largest absolute Gasteiger partial charge is 0.478 e. The number of hydrogen-bond donors (Lipinski definition) is 1. The van der Waals surface area contributed by atoms with E-state index in [1.54, 1.807) is 24.3 Å². The Morgan fingerprint density at radius 1 is 0.810 bits per heavy atom. The topological polar surface area (TPSA) is 92.3 Å². The highest BCUT2D eigenvalue weighted by molar-refractivity contribution is 6.05. The number of carboxylic acid groups (broad SMARTS) is 1. The lowest BCUT2D eigenvalue weighted by molar-refractivity contribution is -0.524. The number of rotatable bonds is 5. The van der Waals surface area contributed by atoms with E-state index in [0.29, 0.717) is 11.1 Å². The van der Waals surface area contributed by atoms with Crippen molar-refractivity contribution < 1.29 is 27.6 Å². The summed E-state index contributed by atoms with van der Waals surface area (Å²) in [7, 11) is 0. The Kier molecular flexibility index (Phi) is 9.12. The highest BCUT2D eigenvalue weighted by atomic mass is 19.2. The van der Waals surface area contributed by atoms with Crippen molar-refractivity contribution in [2.24, 2.45) is 5.11 Å². The molecule has 2 aromatic rings. The molecule has 0 aromatic heterocycles. The number of carbonyl (C=O) groups is 1. The van der Waals surface area contributed by atoms with Crippen molar-refractivity contribution in [3.05, 3.63) is 98.7 Å². The standard InChI is InChI=1S/C32H32F3N5O2/c33-28-27(32(41)42)26(29(34)31(30(28)35)37-38-36)25(21-9-13-23(14-10-21)39-17-5-1-2-6-18-39)22-11-15-24(16-12-22)40-19-7-3-4-8-20-40/h9-16H,1-8,17-20H2/p+1. The molecule has 42 heavy (non-hydrogen) atoms. The molecule has 1 N–H and O–H groups in total. The summed E-state index contributed by atoms with van der Waals surface area (Å²) in [4.78, 5) is 17.0.